The Labute approximate surface area is 127 Å². The number of rotatable bonds is 4. The molecule has 0 spiro atoms. The van der Waals surface area contributed by atoms with Gasteiger partial charge in [-0.2, -0.15) is 0 Å². The average Bonchev–Trinajstić information content (AvgIpc) is 2.46. The molecular weight excluding hydrogens is 286 g/mol. The summed E-state index contributed by atoms with van der Waals surface area (Å²) in [5, 5.41) is 12.1. The highest BCUT2D eigenvalue weighted by Crippen LogP contribution is 2.37. The molecule has 0 aliphatic rings. The molecule has 0 saturated heterocycles. The zero-order valence-electron chi connectivity index (χ0n) is 12.1. The number of amidine groups is 1. The van der Waals surface area contributed by atoms with Crippen molar-refractivity contribution in [2.24, 2.45) is 10.9 Å². The Hall–Kier alpha value is -2.21. The topological polar surface area (TPSA) is 80.7 Å². The fourth-order valence-electron chi connectivity index (χ4n) is 2.06. The van der Waals surface area contributed by atoms with Crippen LogP contribution in [0.1, 0.15) is 17.0 Å². The minimum absolute atomic E-state index is 0.0531. The second-order valence-electron chi connectivity index (χ2n) is 4.46. The first-order valence-corrected chi connectivity index (χ1v) is 7.15. The van der Waals surface area contributed by atoms with Gasteiger partial charge < -0.3 is 15.7 Å². The number of pyridine rings is 1. The minimum Gasteiger partial charge on any atom is -0.496 e. The van der Waals surface area contributed by atoms with Gasteiger partial charge in [0, 0.05) is 16.3 Å². The van der Waals surface area contributed by atoms with Crippen LogP contribution in [0.15, 0.2) is 45.3 Å². The van der Waals surface area contributed by atoms with Crippen molar-refractivity contribution in [3.8, 4) is 5.75 Å². The van der Waals surface area contributed by atoms with E-state index in [0.29, 0.717) is 5.56 Å². The third-order valence-electron chi connectivity index (χ3n) is 2.95. The van der Waals surface area contributed by atoms with Crippen molar-refractivity contribution in [2.45, 2.75) is 23.6 Å². The van der Waals surface area contributed by atoms with E-state index < -0.39 is 0 Å². The van der Waals surface area contributed by atoms with Crippen LogP contribution in [0, 0.1) is 13.8 Å². The summed E-state index contributed by atoms with van der Waals surface area (Å²) < 4.78 is 5.36. The molecule has 0 unspecified atom stereocenters. The van der Waals surface area contributed by atoms with Crippen molar-refractivity contribution in [1.29, 1.82) is 0 Å². The monoisotopic (exact) mass is 303 g/mol. The lowest BCUT2D eigenvalue weighted by molar-refractivity contribution is 0.318. The maximum absolute atomic E-state index is 8.97. The summed E-state index contributed by atoms with van der Waals surface area (Å²) in [6.07, 6.45) is 0. The number of methoxy groups -OCH3 is 1. The van der Waals surface area contributed by atoms with Crippen molar-refractivity contribution in [3.63, 3.8) is 0 Å². The van der Waals surface area contributed by atoms with E-state index in [9.17, 15) is 0 Å². The maximum Gasteiger partial charge on any atom is 0.173 e. The van der Waals surface area contributed by atoms with E-state index in [2.05, 4.69) is 10.1 Å². The molecule has 0 aliphatic heterocycles. The van der Waals surface area contributed by atoms with Crippen LogP contribution >= 0.6 is 11.8 Å². The van der Waals surface area contributed by atoms with Gasteiger partial charge in [0.15, 0.2) is 5.84 Å². The van der Waals surface area contributed by atoms with Gasteiger partial charge >= 0.3 is 0 Å². The zero-order chi connectivity index (χ0) is 15.4. The number of hydrogen-bond acceptors (Lipinski definition) is 5. The largest absolute Gasteiger partial charge is 0.496 e. The highest BCUT2D eigenvalue weighted by Gasteiger charge is 2.15. The third kappa shape index (κ3) is 3.28. The van der Waals surface area contributed by atoms with Crippen LogP contribution < -0.4 is 10.5 Å². The Bertz CT molecular complexity index is 687. The van der Waals surface area contributed by atoms with E-state index in [0.717, 1.165) is 26.9 Å². The fourth-order valence-corrected chi connectivity index (χ4v) is 3.28. The third-order valence-corrected chi connectivity index (χ3v) is 4.04. The van der Waals surface area contributed by atoms with Gasteiger partial charge in [-0.15, -0.1) is 0 Å². The quantitative estimate of drug-likeness (QED) is 0.393. The van der Waals surface area contributed by atoms with E-state index in [-0.39, 0.29) is 5.84 Å². The van der Waals surface area contributed by atoms with Crippen LogP contribution in [0.4, 0.5) is 0 Å². The number of benzene rings is 1. The lowest BCUT2D eigenvalue weighted by Gasteiger charge is -2.13. The second kappa shape index (κ2) is 6.49. The second-order valence-corrected chi connectivity index (χ2v) is 5.54. The van der Waals surface area contributed by atoms with Crippen molar-refractivity contribution in [3.05, 3.63) is 47.3 Å². The summed E-state index contributed by atoms with van der Waals surface area (Å²) in [4.78, 5) is 6.20. The number of aromatic nitrogens is 1. The Kier molecular flexibility index (Phi) is 4.70. The number of aryl methyl sites for hydroxylation is 2. The molecule has 1 aromatic carbocycles. The number of ether oxygens (including phenoxy) is 1. The normalized spacial score (nSPS) is 11.5. The van der Waals surface area contributed by atoms with Gasteiger partial charge in [-0.25, -0.2) is 0 Å². The Morgan fingerprint density at radius 3 is 2.67 bits per heavy atom. The molecular formula is C15H17N3O2S. The van der Waals surface area contributed by atoms with Crippen LogP contribution in [0.25, 0.3) is 0 Å². The molecule has 6 heteroatoms. The van der Waals surface area contributed by atoms with Crippen LogP contribution in [-0.2, 0) is 0 Å². The van der Waals surface area contributed by atoms with Gasteiger partial charge in [0.25, 0.3) is 0 Å². The summed E-state index contributed by atoms with van der Waals surface area (Å²) in [7, 11) is 1.63. The first-order chi connectivity index (χ1) is 10.1. The van der Waals surface area contributed by atoms with Crippen molar-refractivity contribution in [2.75, 3.05) is 7.11 Å². The summed E-state index contributed by atoms with van der Waals surface area (Å²) in [6, 6.07) is 9.62. The SMILES string of the molecule is COc1ccccc1Sc1cc(C)nc(C)c1/C(N)=N/O. The number of oxime groups is 1. The summed E-state index contributed by atoms with van der Waals surface area (Å²) in [5.41, 5.74) is 8.02. The van der Waals surface area contributed by atoms with E-state index >= 15 is 0 Å². The number of para-hydroxylation sites is 1. The summed E-state index contributed by atoms with van der Waals surface area (Å²) >= 11 is 1.50. The summed E-state index contributed by atoms with van der Waals surface area (Å²) in [5.74, 6) is 0.831. The van der Waals surface area contributed by atoms with Gasteiger partial charge in [0.2, 0.25) is 0 Å². The van der Waals surface area contributed by atoms with Crippen LogP contribution in [0.3, 0.4) is 0 Å². The van der Waals surface area contributed by atoms with Crippen molar-refractivity contribution < 1.29 is 9.94 Å². The molecule has 5 nitrogen and oxygen atoms in total. The molecule has 2 aromatic rings. The van der Waals surface area contributed by atoms with Gasteiger partial charge in [0.1, 0.15) is 5.75 Å². The molecule has 0 aliphatic carbocycles. The van der Waals surface area contributed by atoms with Gasteiger partial charge in [-0.05, 0) is 32.0 Å². The molecule has 0 atom stereocenters. The Balaban J connectivity index is 2.53. The predicted molar refractivity (Wildman–Crippen MR) is 83.3 cm³/mol. The molecule has 3 N–H and O–H groups in total. The molecule has 0 saturated carbocycles. The van der Waals surface area contributed by atoms with E-state index in [1.165, 1.54) is 11.8 Å². The first-order valence-electron chi connectivity index (χ1n) is 6.33. The number of nitrogens with two attached hydrogens (primary N) is 1. The van der Waals surface area contributed by atoms with Crippen LogP contribution in [0.5, 0.6) is 5.75 Å². The first kappa shape index (κ1) is 15.2. The molecule has 2 rings (SSSR count). The molecule has 1 heterocycles. The standard InChI is InChI=1S/C15H17N3O2S/c1-9-8-13(14(10(2)17-9)15(16)18-19)21-12-7-5-4-6-11(12)20-3/h4-8,19H,1-3H3,(H2,16,18). The molecule has 0 amide bonds. The minimum atomic E-state index is 0.0531. The molecule has 21 heavy (non-hydrogen) atoms. The molecule has 0 radical (unpaired) electrons. The maximum atomic E-state index is 8.97. The van der Waals surface area contributed by atoms with Gasteiger partial charge in [-0.1, -0.05) is 29.1 Å². The van der Waals surface area contributed by atoms with Crippen molar-refractivity contribution >= 4 is 17.6 Å². The lowest BCUT2D eigenvalue weighted by Crippen LogP contribution is -2.17. The molecule has 0 bridgehead atoms. The van der Waals surface area contributed by atoms with E-state index in [1.807, 2.05) is 44.2 Å². The van der Waals surface area contributed by atoms with E-state index in [4.69, 9.17) is 15.7 Å². The van der Waals surface area contributed by atoms with Gasteiger partial charge in [0.05, 0.1) is 17.6 Å². The molecule has 0 fully saturated rings. The molecule has 1 aromatic heterocycles. The van der Waals surface area contributed by atoms with Crippen molar-refractivity contribution in [1.82, 2.24) is 4.98 Å². The highest BCUT2D eigenvalue weighted by atomic mass is 32.2. The molecule has 110 valence electrons. The fraction of sp³-hybridized carbons (Fsp3) is 0.200. The Morgan fingerprint density at radius 1 is 1.29 bits per heavy atom. The Morgan fingerprint density at radius 2 is 2.00 bits per heavy atom. The van der Waals surface area contributed by atoms with Gasteiger partial charge in [-0.3, -0.25) is 4.98 Å². The lowest BCUT2D eigenvalue weighted by atomic mass is 10.1. The van der Waals surface area contributed by atoms with E-state index in [1.54, 1.807) is 7.11 Å². The van der Waals surface area contributed by atoms with Crippen LogP contribution in [0.2, 0.25) is 0 Å². The summed E-state index contributed by atoms with van der Waals surface area (Å²) in [6.45, 7) is 3.75. The average molecular weight is 303 g/mol. The zero-order valence-corrected chi connectivity index (χ0v) is 12.9. The number of nitrogens with zero attached hydrogens (tertiary/aromatic N) is 2. The highest BCUT2D eigenvalue weighted by molar-refractivity contribution is 7.99. The number of hydrogen-bond donors (Lipinski definition) is 2. The van der Waals surface area contributed by atoms with Crippen LogP contribution in [-0.4, -0.2) is 23.1 Å². The smallest absolute Gasteiger partial charge is 0.173 e. The predicted octanol–water partition coefficient (Wildman–Crippen LogP) is 2.95.